The highest BCUT2D eigenvalue weighted by molar-refractivity contribution is 5.78. The van der Waals surface area contributed by atoms with E-state index in [9.17, 15) is 4.79 Å². The summed E-state index contributed by atoms with van der Waals surface area (Å²) in [5.74, 6) is 0.556. The molecule has 1 aliphatic rings. The third-order valence-electron chi connectivity index (χ3n) is 2.82. The lowest BCUT2D eigenvalue weighted by molar-refractivity contribution is -0.125. The molecule has 0 aromatic rings. The van der Waals surface area contributed by atoms with Crippen LogP contribution in [-0.2, 0) is 4.79 Å². The summed E-state index contributed by atoms with van der Waals surface area (Å²) in [6, 6.07) is 0. The number of aliphatic hydroxyl groups excluding tert-OH is 1. The molecule has 1 unspecified atom stereocenters. The van der Waals surface area contributed by atoms with Crippen LogP contribution in [0, 0.1) is 11.8 Å². The van der Waals surface area contributed by atoms with Gasteiger partial charge in [0.25, 0.3) is 0 Å². The molecule has 14 heavy (non-hydrogen) atoms. The fourth-order valence-electron chi connectivity index (χ4n) is 1.67. The van der Waals surface area contributed by atoms with E-state index in [1.807, 2.05) is 6.92 Å². The molecule has 0 spiro atoms. The summed E-state index contributed by atoms with van der Waals surface area (Å²) in [5, 5.41) is 11.9. The summed E-state index contributed by atoms with van der Waals surface area (Å²) < 4.78 is 0. The molecule has 0 aromatic carbocycles. The number of hydrogen-bond donors (Lipinski definition) is 3. The molecular weight excluding hydrogens is 180 g/mol. The van der Waals surface area contributed by atoms with E-state index in [0.717, 1.165) is 19.3 Å². The zero-order chi connectivity index (χ0) is 10.6. The van der Waals surface area contributed by atoms with Gasteiger partial charge in [0.2, 0.25) is 5.91 Å². The van der Waals surface area contributed by atoms with Crippen LogP contribution in [0.5, 0.6) is 0 Å². The van der Waals surface area contributed by atoms with Gasteiger partial charge in [0.1, 0.15) is 0 Å². The van der Waals surface area contributed by atoms with Crippen molar-refractivity contribution in [2.75, 3.05) is 13.1 Å². The lowest BCUT2D eigenvalue weighted by Crippen LogP contribution is -2.40. The number of nitrogens with one attached hydrogen (secondary N) is 1. The quantitative estimate of drug-likeness (QED) is 0.578. The SMILES string of the molecule is CC(CCN)C(=O)NCC1CC(O)C1. The molecule has 0 heterocycles. The summed E-state index contributed by atoms with van der Waals surface area (Å²) >= 11 is 0. The third-order valence-corrected chi connectivity index (χ3v) is 2.82. The van der Waals surface area contributed by atoms with E-state index in [2.05, 4.69) is 5.32 Å². The van der Waals surface area contributed by atoms with E-state index in [1.165, 1.54) is 0 Å². The molecule has 1 amide bonds. The average molecular weight is 200 g/mol. The Balaban J connectivity index is 2.08. The highest BCUT2D eigenvalue weighted by atomic mass is 16.3. The summed E-state index contributed by atoms with van der Waals surface area (Å²) in [6.07, 6.45) is 2.24. The number of hydrogen-bond acceptors (Lipinski definition) is 3. The topological polar surface area (TPSA) is 75.4 Å². The van der Waals surface area contributed by atoms with Crippen LogP contribution in [0.15, 0.2) is 0 Å². The maximum atomic E-state index is 11.4. The number of rotatable bonds is 5. The fraction of sp³-hybridized carbons (Fsp3) is 0.900. The minimum atomic E-state index is -0.140. The van der Waals surface area contributed by atoms with Crippen LogP contribution in [0.25, 0.3) is 0 Å². The highest BCUT2D eigenvalue weighted by Gasteiger charge is 2.27. The monoisotopic (exact) mass is 200 g/mol. The van der Waals surface area contributed by atoms with Crippen LogP contribution in [0.2, 0.25) is 0 Å². The van der Waals surface area contributed by atoms with Crippen LogP contribution in [-0.4, -0.2) is 30.2 Å². The molecule has 1 fully saturated rings. The Morgan fingerprint density at radius 2 is 2.29 bits per heavy atom. The van der Waals surface area contributed by atoms with Crippen molar-refractivity contribution in [3.05, 3.63) is 0 Å². The van der Waals surface area contributed by atoms with E-state index >= 15 is 0 Å². The minimum absolute atomic E-state index is 0.00463. The van der Waals surface area contributed by atoms with Gasteiger partial charge in [0.15, 0.2) is 0 Å². The molecule has 0 aromatic heterocycles. The van der Waals surface area contributed by atoms with Crippen LogP contribution in [0.1, 0.15) is 26.2 Å². The average Bonchev–Trinajstić information content (AvgIpc) is 2.10. The Kier molecular flexibility index (Phi) is 4.35. The molecule has 0 aliphatic heterocycles. The van der Waals surface area contributed by atoms with Crippen molar-refractivity contribution in [1.82, 2.24) is 5.32 Å². The van der Waals surface area contributed by atoms with Crippen molar-refractivity contribution in [3.8, 4) is 0 Å². The highest BCUT2D eigenvalue weighted by Crippen LogP contribution is 2.26. The molecule has 82 valence electrons. The van der Waals surface area contributed by atoms with Gasteiger partial charge in [0, 0.05) is 12.5 Å². The Hall–Kier alpha value is -0.610. The van der Waals surface area contributed by atoms with Gasteiger partial charge in [-0.2, -0.15) is 0 Å². The molecule has 1 saturated carbocycles. The predicted molar refractivity (Wildman–Crippen MR) is 54.6 cm³/mol. The van der Waals surface area contributed by atoms with Crippen molar-refractivity contribution in [2.24, 2.45) is 17.6 Å². The van der Waals surface area contributed by atoms with E-state index in [4.69, 9.17) is 10.8 Å². The summed E-state index contributed by atoms with van der Waals surface area (Å²) in [7, 11) is 0. The molecule has 0 radical (unpaired) electrons. The molecule has 4 N–H and O–H groups in total. The lowest BCUT2D eigenvalue weighted by Gasteiger charge is -2.31. The molecule has 1 atom stereocenters. The number of aliphatic hydroxyl groups is 1. The van der Waals surface area contributed by atoms with Gasteiger partial charge in [-0.1, -0.05) is 6.92 Å². The lowest BCUT2D eigenvalue weighted by atomic mass is 9.82. The first-order valence-corrected chi connectivity index (χ1v) is 5.29. The summed E-state index contributed by atoms with van der Waals surface area (Å²) in [6.45, 7) is 3.14. The first-order valence-electron chi connectivity index (χ1n) is 5.29. The van der Waals surface area contributed by atoms with Gasteiger partial charge in [0.05, 0.1) is 6.10 Å². The van der Waals surface area contributed by atoms with Crippen molar-refractivity contribution in [1.29, 1.82) is 0 Å². The zero-order valence-corrected chi connectivity index (χ0v) is 8.70. The molecule has 0 saturated heterocycles. The molecule has 4 nitrogen and oxygen atoms in total. The smallest absolute Gasteiger partial charge is 0.222 e. The summed E-state index contributed by atoms with van der Waals surface area (Å²) in [5.41, 5.74) is 5.37. The van der Waals surface area contributed by atoms with Gasteiger partial charge in [-0.05, 0) is 31.7 Å². The first kappa shape index (κ1) is 11.5. The van der Waals surface area contributed by atoms with E-state index in [0.29, 0.717) is 19.0 Å². The van der Waals surface area contributed by atoms with E-state index in [1.54, 1.807) is 0 Å². The van der Waals surface area contributed by atoms with Crippen LogP contribution in [0.3, 0.4) is 0 Å². The van der Waals surface area contributed by atoms with Gasteiger partial charge in [-0.15, -0.1) is 0 Å². The number of amides is 1. The van der Waals surface area contributed by atoms with Gasteiger partial charge in [-0.3, -0.25) is 4.79 Å². The number of carbonyl (C=O) groups is 1. The van der Waals surface area contributed by atoms with Crippen molar-refractivity contribution >= 4 is 5.91 Å². The molecule has 4 heteroatoms. The van der Waals surface area contributed by atoms with Gasteiger partial charge >= 0.3 is 0 Å². The molecule has 0 bridgehead atoms. The zero-order valence-electron chi connectivity index (χ0n) is 8.70. The second-order valence-corrected chi connectivity index (χ2v) is 4.21. The Labute approximate surface area is 84.9 Å². The maximum Gasteiger partial charge on any atom is 0.222 e. The summed E-state index contributed by atoms with van der Waals surface area (Å²) in [4.78, 5) is 11.4. The van der Waals surface area contributed by atoms with Crippen LogP contribution < -0.4 is 11.1 Å². The predicted octanol–water partition coefficient (Wildman–Crippen LogP) is -0.142. The maximum absolute atomic E-state index is 11.4. The standard InChI is InChI=1S/C10H20N2O2/c1-7(2-3-11)10(14)12-6-8-4-9(13)5-8/h7-9,13H,2-6,11H2,1H3,(H,12,14). The number of carbonyl (C=O) groups excluding carboxylic acids is 1. The second-order valence-electron chi connectivity index (χ2n) is 4.21. The first-order chi connectivity index (χ1) is 6.63. The van der Waals surface area contributed by atoms with Gasteiger partial charge < -0.3 is 16.2 Å². The number of nitrogens with two attached hydrogens (primary N) is 1. The Morgan fingerprint density at radius 3 is 2.79 bits per heavy atom. The normalized spacial score (nSPS) is 27.9. The Morgan fingerprint density at radius 1 is 1.64 bits per heavy atom. The molecular formula is C10H20N2O2. The molecule has 1 aliphatic carbocycles. The van der Waals surface area contributed by atoms with Crippen molar-refractivity contribution in [3.63, 3.8) is 0 Å². The minimum Gasteiger partial charge on any atom is -0.393 e. The van der Waals surface area contributed by atoms with Crippen molar-refractivity contribution in [2.45, 2.75) is 32.3 Å². The van der Waals surface area contributed by atoms with Crippen LogP contribution in [0.4, 0.5) is 0 Å². The second kappa shape index (κ2) is 5.32. The van der Waals surface area contributed by atoms with E-state index < -0.39 is 0 Å². The Bertz CT molecular complexity index is 191. The fourth-order valence-corrected chi connectivity index (χ4v) is 1.67. The van der Waals surface area contributed by atoms with Crippen LogP contribution >= 0.6 is 0 Å². The van der Waals surface area contributed by atoms with Crippen molar-refractivity contribution < 1.29 is 9.90 Å². The van der Waals surface area contributed by atoms with Gasteiger partial charge in [-0.25, -0.2) is 0 Å². The third kappa shape index (κ3) is 3.27. The van der Waals surface area contributed by atoms with E-state index in [-0.39, 0.29) is 17.9 Å². The molecule has 1 rings (SSSR count). The largest absolute Gasteiger partial charge is 0.393 e.